The van der Waals surface area contributed by atoms with E-state index in [1.54, 1.807) is 21.9 Å². The Morgan fingerprint density at radius 3 is 1.73 bits per heavy atom. The van der Waals surface area contributed by atoms with Gasteiger partial charge in [0.1, 0.15) is 6.04 Å². The van der Waals surface area contributed by atoms with E-state index in [9.17, 15) is 44.2 Å². The third-order valence-corrected chi connectivity index (χ3v) is 16.4. The summed E-state index contributed by atoms with van der Waals surface area (Å²) in [4.78, 5) is 90.7. The summed E-state index contributed by atoms with van der Waals surface area (Å²) >= 11 is 6.67. The van der Waals surface area contributed by atoms with Gasteiger partial charge in [-0.2, -0.15) is 5.10 Å². The van der Waals surface area contributed by atoms with Gasteiger partial charge in [0.2, 0.25) is 17.7 Å². The highest BCUT2D eigenvalue weighted by Gasteiger charge is 2.36. The molecular weight excluding hydrogens is 1280 g/mol. The topological polar surface area (TPSA) is 268 Å². The molecule has 466 valence electrons. The van der Waals surface area contributed by atoms with Crippen molar-refractivity contribution in [2.24, 2.45) is 10.9 Å². The minimum atomic E-state index is -0.496. The second kappa shape index (κ2) is 32.5. The highest BCUT2D eigenvalue weighted by Crippen LogP contribution is 2.30. The van der Waals surface area contributed by atoms with Crippen LogP contribution in [0, 0.1) is 20.2 Å². The molecule has 0 saturated carbocycles. The van der Waals surface area contributed by atoms with Crippen LogP contribution in [-0.2, 0) is 32.0 Å². The molecule has 1 aromatic heterocycles. The minimum Gasteiger partial charge on any atom is -0.355 e. The molecule has 6 N–H and O–H groups in total. The molecule has 2 aliphatic heterocycles. The SMILES string of the molecule is C/C(=N/Nc1ccc(Br)cc1)c1ccc([N+](=O)[O-])cc1.CC(=O)c1ccc([N+](=O)[O-])cc1.C[C@@H](C(=O)N1CCC[C@H]1C(=O)Cc1ccc2[nH]c(-c3ccc(NC(=O)[C@@H]4CCCN4C(=O)Cc4ccccc4)cc3)cc2c1)c1ccccc1.NNc1ccc(Br)cc1. The second-order valence-corrected chi connectivity index (χ2v) is 23.5. The Morgan fingerprint density at radius 2 is 1.15 bits per heavy atom. The highest BCUT2D eigenvalue weighted by molar-refractivity contribution is 9.10. The van der Waals surface area contributed by atoms with Gasteiger partial charge in [-0.15, -0.1) is 0 Å². The number of amides is 3. The number of rotatable bonds is 17. The molecule has 3 amide bonds. The highest BCUT2D eigenvalue weighted by atomic mass is 79.9. The van der Waals surface area contributed by atoms with Gasteiger partial charge in [-0.05, 0) is 177 Å². The van der Waals surface area contributed by atoms with Gasteiger partial charge >= 0.3 is 0 Å². The van der Waals surface area contributed by atoms with Gasteiger partial charge in [0.15, 0.2) is 11.6 Å². The summed E-state index contributed by atoms with van der Waals surface area (Å²) < 4.78 is 2.06. The van der Waals surface area contributed by atoms with Crippen LogP contribution in [0.3, 0.4) is 0 Å². The summed E-state index contributed by atoms with van der Waals surface area (Å²) in [5.74, 6) is 4.64. The van der Waals surface area contributed by atoms with Crippen molar-refractivity contribution in [2.45, 2.75) is 77.3 Å². The quantitative estimate of drug-likeness (QED) is 0.0187. The van der Waals surface area contributed by atoms with Crippen LogP contribution in [-0.4, -0.2) is 84.8 Å². The molecule has 2 saturated heterocycles. The summed E-state index contributed by atoms with van der Waals surface area (Å²) in [6.07, 6.45) is 3.55. The average molecular weight is 1350 g/mol. The third kappa shape index (κ3) is 19.0. The molecule has 0 bridgehead atoms. The molecular formula is C70H68Br2N10O9. The summed E-state index contributed by atoms with van der Waals surface area (Å²) in [5.41, 5.74) is 15.8. The van der Waals surface area contributed by atoms with E-state index in [4.69, 9.17) is 5.84 Å². The molecule has 0 aliphatic carbocycles. The van der Waals surface area contributed by atoms with Crippen molar-refractivity contribution >= 4 is 106 Å². The largest absolute Gasteiger partial charge is 0.355 e. The maximum Gasteiger partial charge on any atom is 0.269 e. The molecule has 3 atom stereocenters. The van der Waals surface area contributed by atoms with Crippen molar-refractivity contribution in [1.82, 2.24) is 14.8 Å². The Morgan fingerprint density at radius 1 is 0.615 bits per heavy atom. The zero-order chi connectivity index (χ0) is 65.0. The van der Waals surface area contributed by atoms with Crippen molar-refractivity contribution in [2.75, 3.05) is 29.3 Å². The molecule has 2 aliphatic rings. The first-order chi connectivity index (χ1) is 43.8. The Labute approximate surface area is 543 Å². The fourth-order valence-electron chi connectivity index (χ4n) is 10.4. The number of nitrogens with zero attached hydrogens (tertiary/aromatic N) is 5. The van der Waals surface area contributed by atoms with E-state index in [-0.39, 0.29) is 59.4 Å². The van der Waals surface area contributed by atoms with Crippen molar-refractivity contribution in [3.05, 3.63) is 263 Å². The number of anilines is 3. The summed E-state index contributed by atoms with van der Waals surface area (Å²) in [5, 5.41) is 29.0. The number of hydrazone groups is 1. The van der Waals surface area contributed by atoms with Gasteiger partial charge in [-0.25, -0.2) is 0 Å². The number of ketones is 2. The second-order valence-electron chi connectivity index (χ2n) is 21.7. The van der Waals surface area contributed by atoms with Crippen LogP contribution in [0.25, 0.3) is 22.2 Å². The van der Waals surface area contributed by atoms with Crippen molar-refractivity contribution in [3.8, 4) is 11.3 Å². The fraction of sp³-hybridized carbons (Fsp3) is 0.200. The molecule has 3 heterocycles. The number of carbonyl (C=O) groups is 5. The number of nitro benzene ring substituents is 2. The Balaban J connectivity index is 0.000000209. The van der Waals surface area contributed by atoms with Crippen molar-refractivity contribution < 1.29 is 33.8 Å². The standard InChI is InChI=1S/C42H42N4O4.C14H12BrN3O2.C8H7NO3.C6H7BrN2/c1-28(31-12-6-3-7-13-31)42(50)46-23-8-14-37(46)39(47)25-30-16-21-35-33(24-30)27-36(44-35)32-17-19-34(20-18-32)43-41(49)38-15-9-22-45(38)40(48)26-29-10-4-2-5-11-29;1-10(11-2-8-14(9-3-11)18(19)20)16-17-13-6-4-12(15)5-7-13;1-6(10)7-2-4-8(5-3-7)9(11)12;7-5-1-3-6(9-8)4-2-5/h2-7,10-13,16-21,24,27-28,37-38,44H,8-9,14-15,22-23,25-26H2,1H3,(H,43,49);2-9,17H,1H3;2-5H,1H3;1-4,9H,8H2/b;16-10-;;/t28-,37+,38+;;;/m1.../s1. The normalized spacial score (nSPS) is 14.5. The number of likely N-dealkylation sites (tertiary alicyclic amines) is 2. The van der Waals surface area contributed by atoms with Gasteiger partial charge in [0, 0.05) is 86.3 Å². The maximum absolute atomic E-state index is 13.5. The minimum absolute atomic E-state index is 0.000000000000000222. The maximum atomic E-state index is 13.5. The predicted molar refractivity (Wildman–Crippen MR) is 364 cm³/mol. The van der Waals surface area contributed by atoms with Gasteiger partial charge in [-0.1, -0.05) is 111 Å². The van der Waals surface area contributed by atoms with Crippen LogP contribution in [0.2, 0.25) is 0 Å². The number of nitrogens with one attached hydrogen (secondary N) is 4. The first-order valence-corrected chi connectivity index (χ1v) is 31.0. The van der Waals surface area contributed by atoms with Gasteiger partial charge < -0.3 is 25.5 Å². The van der Waals surface area contributed by atoms with Crippen LogP contribution in [0.15, 0.2) is 220 Å². The lowest BCUT2D eigenvalue weighted by Crippen LogP contribution is -2.43. The zero-order valence-corrected chi connectivity index (χ0v) is 53.4. The van der Waals surface area contributed by atoms with Gasteiger partial charge in [0.25, 0.3) is 11.4 Å². The number of nitrogen functional groups attached to an aromatic ring is 1. The van der Waals surface area contributed by atoms with Crippen LogP contribution >= 0.6 is 31.9 Å². The number of halogens is 2. The zero-order valence-electron chi connectivity index (χ0n) is 50.3. The number of carbonyl (C=O) groups excluding carboxylic acids is 5. The van der Waals surface area contributed by atoms with E-state index < -0.39 is 21.9 Å². The van der Waals surface area contributed by atoms with Gasteiger partial charge in [0.05, 0.1) is 39.6 Å². The van der Waals surface area contributed by atoms with E-state index in [2.05, 4.69) is 64.2 Å². The molecule has 91 heavy (non-hydrogen) atoms. The molecule has 0 spiro atoms. The molecule has 11 rings (SSSR count). The number of benzene rings is 8. The lowest BCUT2D eigenvalue weighted by Gasteiger charge is -2.27. The van der Waals surface area contributed by atoms with E-state index in [1.807, 2.05) is 166 Å². The van der Waals surface area contributed by atoms with Crippen LogP contribution in [0.4, 0.5) is 28.4 Å². The summed E-state index contributed by atoms with van der Waals surface area (Å²) in [6, 6.07) is 61.3. The number of hydrogen-bond acceptors (Lipinski definition) is 13. The number of fused-ring (bicyclic) bond motifs is 1. The molecule has 2 fully saturated rings. The van der Waals surface area contributed by atoms with Gasteiger partial charge in [-0.3, -0.25) is 55.5 Å². The van der Waals surface area contributed by atoms with E-state index in [0.29, 0.717) is 37.2 Å². The Kier molecular flexibility index (Phi) is 23.9. The monoisotopic (exact) mass is 1350 g/mol. The molecule has 8 aromatic carbocycles. The molecule has 19 nitrogen and oxygen atoms in total. The molecule has 21 heteroatoms. The molecule has 0 radical (unpaired) electrons. The fourth-order valence-corrected chi connectivity index (χ4v) is 10.9. The van der Waals surface area contributed by atoms with E-state index >= 15 is 0 Å². The number of aromatic amines is 1. The summed E-state index contributed by atoms with van der Waals surface area (Å²) in [7, 11) is 0. The van der Waals surface area contributed by atoms with Crippen molar-refractivity contribution in [3.63, 3.8) is 0 Å². The number of aromatic nitrogens is 1. The Bertz CT molecular complexity index is 3970. The van der Waals surface area contributed by atoms with Crippen molar-refractivity contribution in [1.29, 1.82) is 0 Å². The number of non-ortho nitro benzene ring substituents is 2. The number of hydrogen-bond donors (Lipinski definition) is 5. The number of H-pyrrole nitrogens is 1. The number of hydrazine groups is 1. The lowest BCUT2D eigenvalue weighted by molar-refractivity contribution is -0.385. The van der Waals surface area contributed by atoms with E-state index in [1.165, 1.54) is 43.3 Å². The predicted octanol–water partition coefficient (Wildman–Crippen LogP) is 14.6. The number of nitro groups is 2. The third-order valence-electron chi connectivity index (χ3n) is 15.4. The number of Topliss-reactive ketones (excluding diaryl/α,β-unsaturated/α-hetero) is 2. The molecule has 9 aromatic rings. The first kappa shape index (κ1) is 67.0. The smallest absolute Gasteiger partial charge is 0.269 e. The van der Waals surface area contributed by atoms with Crippen LogP contribution < -0.4 is 22.0 Å². The first-order valence-electron chi connectivity index (χ1n) is 29.4. The van der Waals surface area contributed by atoms with E-state index in [0.717, 1.165) is 83.3 Å². The lowest BCUT2D eigenvalue weighted by atomic mass is 9.97. The molecule has 0 unspecified atom stereocenters. The van der Waals surface area contributed by atoms with Crippen LogP contribution in [0.5, 0.6) is 0 Å². The summed E-state index contributed by atoms with van der Waals surface area (Å²) in [6.45, 7) is 6.38. The average Bonchev–Trinajstić information content (AvgIpc) is 1.76. The van der Waals surface area contributed by atoms with Crippen LogP contribution in [0.1, 0.15) is 85.0 Å². The Hall–Kier alpha value is -9.96. The number of nitrogens with two attached hydrogens (primary N) is 1.